The van der Waals surface area contributed by atoms with Crippen LogP contribution >= 0.6 is 0 Å². The van der Waals surface area contributed by atoms with Gasteiger partial charge < -0.3 is 4.74 Å². The molecule has 1 N–H and O–H groups in total. The molecule has 0 fully saturated rings. The summed E-state index contributed by atoms with van der Waals surface area (Å²) in [4.78, 5) is 11.4. The van der Waals surface area contributed by atoms with Gasteiger partial charge in [0.1, 0.15) is 0 Å². The Morgan fingerprint density at radius 2 is 2.00 bits per heavy atom. The van der Waals surface area contributed by atoms with E-state index in [4.69, 9.17) is 4.74 Å². The van der Waals surface area contributed by atoms with Gasteiger partial charge in [-0.05, 0) is 11.6 Å². The highest BCUT2D eigenvalue weighted by Gasteiger charge is 2.28. The summed E-state index contributed by atoms with van der Waals surface area (Å²) in [7, 11) is 0. The van der Waals surface area contributed by atoms with E-state index in [1.165, 1.54) is 0 Å². The second kappa shape index (κ2) is 3.86. The topological polar surface area (TPSA) is 64.1 Å². The van der Waals surface area contributed by atoms with E-state index in [0.717, 1.165) is 11.1 Å². The molecule has 1 amide bonds. The van der Waals surface area contributed by atoms with E-state index in [-0.39, 0.29) is 0 Å². The van der Waals surface area contributed by atoms with Gasteiger partial charge in [-0.25, -0.2) is 4.79 Å². The van der Waals surface area contributed by atoms with E-state index in [9.17, 15) is 4.79 Å². The highest BCUT2D eigenvalue weighted by atomic mass is 16.6. The van der Waals surface area contributed by atoms with Crippen LogP contribution in [0.25, 0.3) is 0 Å². The molecule has 0 spiro atoms. The van der Waals surface area contributed by atoms with Crippen molar-refractivity contribution in [3.05, 3.63) is 53.7 Å². The number of amides is 1. The normalized spacial score (nSPS) is 17.9. The lowest BCUT2D eigenvalue weighted by Gasteiger charge is -2.24. The van der Waals surface area contributed by atoms with Crippen LogP contribution in [0.15, 0.2) is 42.6 Å². The molecule has 84 valence electrons. The summed E-state index contributed by atoms with van der Waals surface area (Å²) in [6, 6.07) is 11.3. The van der Waals surface area contributed by atoms with Gasteiger partial charge >= 0.3 is 6.09 Å². The monoisotopic (exact) mass is 227 g/mol. The molecule has 0 aliphatic carbocycles. The highest BCUT2D eigenvalue weighted by molar-refractivity contribution is 5.86. The lowest BCUT2D eigenvalue weighted by Crippen LogP contribution is -2.26. The molecule has 1 aromatic heterocycles. The summed E-state index contributed by atoms with van der Waals surface area (Å²) in [5, 5.41) is 10.1. The van der Waals surface area contributed by atoms with Gasteiger partial charge in [-0.15, -0.1) is 5.10 Å². The summed E-state index contributed by atoms with van der Waals surface area (Å²) in [6.07, 6.45) is 0.651. The molecule has 1 aliphatic rings. The first-order valence-corrected chi connectivity index (χ1v) is 5.19. The zero-order chi connectivity index (χ0) is 11.7. The number of fused-ring (bicyclic) bond motifs is 1. The molecule has 2 heterocycles. The zero-order valence-electron chi connectivity index (χ0n) is 8.83. The quantitative estimate of drug-likeness (QED) is 0.810. The fourth-order valence-electron chi connectivity index (χ4n) is 1.82. The Hall–Kier alpha value is -2.43. The summed E-state index contributed by atoms with van der Waals surface area (Å²) in [5.74, 6) is 0.456. The predicted octanol–water partition coefficient (Wildman–Crippen LogP) is 2.13. The van der Waals surface area contributed by atoms with E-state index >= 15 is 0 Å². The van der Waals surface area contributed by atoms with Crippen molar-refractivity contribution < 1.29 is 9.53 Å². The van der Waals surface area contributed by atoms with Crippen LogP contribution in [0.3, 0.4) is 0 Å². The molecule has 1 aromatic carbocycles. The number of rotatable bonds is 1. The molecule has 1 unspecified atom stereocenters. The number of carbonyl (C=O) groups excluding carboxylic acids is 1. The van der Waals surface area contributed by atoms with Crippen LogP contribution in [0.1, 0.15) is 17.2 Å². The fourth-order valence-corrected chi connectivity index (χ4v) is 1.82. The van der Waals surface area contributed by atoms with Crippen molar-refractivity contribution in [1.82, 2.24) is 10.2 Å². The Bertz CT molecular complexity index is 557. The minimum atomic E-state index is -0.508. The van der Waals surface area contributed by atoms with Crippen LogP contribution < -0.4 is 5.32 Å². The third kappa shape index (κ3) is 1.71. The summed E-state index contributed by atoms with van der Waals surface area (Å²) in [6.45, 7) is 0. The number of nitrogens with zero attached hydrogens (tertiary/aromatic N) is 2. The Balaban J connectivity index is 2.10. The van der Waals surface area contributed by atoms with E-state index in [0.29, 0.717) is 5.82 Å². The molecule has 0 radical (unpaired) electrons. The van der Waals surface area contributed by atoms with Crippen LogP contribution in [0.4, 0.5) is 10.6 Å². The number of carbonyl (C=O) groups is 1. The minimum Gasteiger partial charge on any atom is -0.436 e. The maximum Gasteiger partial charge on any atom is 0.413 e. The Kier molecular flexibility index (Phi) is 2.22. The maximum absolute atomic E-state index is 11.4. The number of nitrogens with one attached hydrogen (secondary N) is 1. The molecule has 2 aromatic rings. The van der Waals surface area contributed by atoms with E-state index in [2.05, 4.69) is 15.5 Å². The number of cyclic esters (lactones) is 1. The molecular formula is C12H9N3O2. The number of aromatic nitrogens is 2. The number of ether oxygens (including phenoxy) is 1. The molecule has 1 aliphatic heterocycles. The zero-order valence-corrected chi connectivity index (χ0v) is 8.83. The van der Waals surface area contributed by atoms with Crippen molar-refractivity contribution in [2.75, 3.05) is 5.32 Å². The molecular weight excluding hydrogens is 218 g/mol. The van der Waals surface area contributed by atoms with E-state index < -0.39 is 12.2 Å². The molecule has 3 rings (SSSR count). The van der Waals surface area contributed by atoms with Gasteiger partial charge in [0.05, 0.1) is 6.20 Å². The Morgan fingerprint density at radius 3 is 2.82 bits per heavy atom. The largest absolute Gasteiger partial charge is 0.436 e. The first kappa shape index (κ1) is 9.77. The van der Waals surface area contributed by atoms with Gasteiger partial charge in [-0.3, -0.25) is 5.32 Å². The smallest absolute Gasteiger partial charge is 0.413 e. The van der Waals surface area contributed by atoms with Crippen molar-refractivity contribution in [1.29, 1.82) is 0 Å². The predicted molar refractivity (Wildman–Crippen MR) is 60.4 cm³/mol. The summed E-state index contributed by atoms with van der Waals surface area (Å²) < 4.78 is 5.28. The van der Waals surface area contributed by atoms with Gasteiger partial charge in [0, 0.05) is 5.56 Å². The van der Waals surface area contributed by atoms with E-state index in [1.54, 1.807) is 12.3 Å². The van der Waals surface area contributed by atoms with Gasteiger partial charge in [0.15, 0.2) is 11.9 Å². The second-order valence-electron chi connectivity index (χ2n) is 3.66. The van der Waals surface area contributed by atoms with Crippen LogP contribution in [0.5, 0.6) is 0 Å². The van der Waals surface area contributed by atoms with E-state index in [1.807, 2.05) is 30.3 Å². The summed E-state index contributed by atoms with van der Waals surface area (Å²) in [5.41, 5.74) is 1.72. The lowest BCUT2D eigenvalue weighted by atomic mass is 10.0. The van der Waals surface area contributed by atoms with Crippen molar-refractivity contribution in [2.24, 2.45) is 0 Å². The third-order valence-electron chi connectivity index (χ3n) is 2.58. The maximum atomic E-state index is 11.4. The standard InChI is InChI=1S/C12H9N3O2/c16-12-14-11-9(6-7-13-15-11)10(17-12)8-4-2-1-3-5-8/h1-7,10H,(H,14,15,16). The Labute approximate surface area is 97.4 Å². The number of hydrogen-bond acceptors (Lipinski definition) is 4. The summed E-state index contributed by atoms with van der Waals surface area (Å²) >= 11 is 0. The van der Waals surface area contributed by atoms with Crippen LogP contribution in [0.2, 0.25) is 0 Å². The van der Waals surface area contributed by atoms with Crippen LogP contribution in [-0.2, 0) is 4.74 Å². The third-order valence-corrected chi connectivity index (χ3v) is 2.58. The van der Waals surface area contributed by atoms with Crippen molar-refractivity contribution in [2.45, 2.75) is 6.10 Å². The molecule has 0 saturated carbocycles. The van der Waals surface area contributed by atoms with Crippen molar-refractivity contribution >= 4 is 11.9 Å². The highest BCUT2D eigenvalue weighted by Crippen LogP contribution is 2.33. The first-order chi connectivity index (χ1) is 8.34. The molecule has 0 saturated heterocycles. The molecule has 5 heteroatoms. The van der Waals surface area contributed by atoms with Crippen molar-refractivity contribution in [3.8, 4) is 0 Å². The molecule has 5 nitrogen and oxygen atoms in total. The van der Waals surface area contributed by atoms with Gasteiger partial charge in [0.25, 0.3) is 0 Å². The SMILES string of the molecule is O=C1Nc2nnccc2C(c2ccccc2)O1. The van der Waals surface area contributed by atoms with Gasteiger partial charge in [0.2, 0.25) is 0 Å². The van der Waals surface area contributed by atoms with Crippen LogP contribution in [0, 0.1) is 0 Å². The average molecular weight is 227 g/mol. The first-order valence-electron chi connectivity index (χ1n) is 5.19. The molecule has 17 heavy (non-hydrogen) atoms. The van der Waals surface area contributed by atoms with Crippen LogP contribution in [-0.4, -0.2) is 16.3 Å². The molecule has 0 bridgehead atoms. The number of hydrogen-bond donors (Lipinski definition) is 1. The fraction of sp³-hybridized carbons (Fsp3) is 0.0833. The minimum absolute atomic E-state index is 0.421. The second-order valence-corrected chi connectivity index (χ2v) is 3.66. The van der Waals surface area contributed by atoms with Gasteiger partial charge in [-0.1, -0.05) is 30.3 Å². The average Bonchev–Trinajstić information content (AvgIpc) is 2.39. The Morgan fingerprint density at radius 1 is 1.18 bits per heavy atom. The number of anilines is 1. The lowest BCUT2D eigenvalue weighted by molar-refractivity contribution is 0.126. The van der Waals surface area contributed by atoms with Crippen molar-refractivity contribution in [3.63, 3.8) is 0 Å². The number of benzene rings is 1. The van der Waals surface area contributed by atoms with Gasteiger partial charge in [-0.2, -0.15) is 5.10 Å². The molecule has 1 atom stereocenters.